The molecule has 1 atom stereocenters. The normalized spacial score (nSPS) is 15.6. The van der Waals surface area contributed by atoms with Gasteiger partial charge in [-0.1, -0.05) is 48.7 Å². The largest absolute Gasteiger partial charge is 0.459 e. The molecule has 3 rings (SSSR count). The summed E-state index contributed by atoms with van der Waals surface area (Å²) >= 11 is 11.9. The predicted molar refractivity (Wildman–Crippen MR) is 142 cm³/mol. The van der Waals surface area contributed by atoms with Crippen molar-refractivity contribution in [3.8, 4) is 0 Å². The van der Waals surface area contributed by atoms with Gasteiger partial charge < -0.3 is 20.7 Å². The number of allylic oxidation sites excluding steroid dienone is 1. The van der Waals surface area contributed by atoms with Gasteiger partial charge in [0, 0.05) is 23.6 Å². The number of ether oxygens (including phenoxy) is 1. The zero-order valence-corrected chi connectivity index (χ0v) is 22.2. The Kier molecular flexibility index (Phi) is 9.23. The lowest BCUT2D eigenvalue weighted by Gasteiger charge is -2.35. The fraction of sp³-hybridized carbons (Fsp3) is 0.346. The van der Waals surface area contributed by atoms with Crippen molar-refractivity contribution in [2.45, 2.75) is 52.7 Å². The molecule has 0 aliphatic carbocycles. The molecular weight excluding hydrogens is 503 g/mol. The van der Waals surface area contributed by atoms with Crippen LogP contribution in [0.15, 0.2) is 53.7 Å². The molecule has 1 aliphatic heterocycles. The maximum absolute atomic E-state index is 13.1. The van der Waals surface area contributed by atoms with Crippen LogP contribution < -0.4 is 16.0 Å². The lowest BCUT2D eigenvalue weighted by Crippen LogP contribution is -2.48. The first-order valence-corrected chi connectivity index (χ1v) is 12.5. The maximum atomic E-state index is 13.1. The monoisotopic (exact) mass is 532 g/mol. The quantitative estimate of drug-likeness (QED) is 0.328. The number of hydrogen-bond donors (Lipinski definition) is 3. The van der Waals surface area contributed by atoms with E-state index in [2.05, 4.69) is 16.0 Å². The Morgan fingerprint density at radius 1 is 1.08 bits per heavy atom. The highest BCUT2D eigenvalue weighted by molar-refractivity contribution is 6.42. The molecule has 8 nitrogen and oxygen atoms in total. The Balaban J connectivity index is 1.87. The summed E-state index contributed by atoms with van der Waals surface area (Å²) < 4.78 is 5.50. The number of rotatable bonds is 8. The smallest absolute Gasteiger partial charge is 0.338 e. The molecule has 0 bridgehead atoms. The van der Waals surface area contributed by atoms with Crippen LogP contribution in [0.25, 0.3) is 0 Å². The predicted octanol–water partition coefficient (Wildman–Crippen LogP) is 6.73. The van der Waals surface area contributed by atoms with E-state index in [0.29, 0.717) is 44.8 Å². The highest BCUT2D eigenvalue weighted by atomic mass is 35.5. The first-order valence-electron chi connectivity index (χ1n) is 11.7. The SMILES string of the molecule is CCCCN1C(=O)NC(c2cccc(NC(=O)Nc3ccc(Cl)c(Cl)c3)c2)C(C(=O)OC(C)C)=C1C. The van der Waals surface area contributed by atoms with E-state index in [1.165, 1.54) is 0 Å². The molecule has 2 aromatic carbocycles. The van der Waals surface area contributed by atoms with Gasteiger partial charge in [-0.05, 0) is 63.1 Å². The van der Waals surface area contributed by atoms with Crippen LogP contribution in [-0.4, -0.2) is 35.6 Å². The standard InChI is InChI=1S/C26H30Cl2N4O4/c1-5-6-12-32-16(4)22(24(33)36-15(2)3)23(31-26(32)35)17-8-7-9-18(13-17)29-25(34)30-19-10-11-20(27)21(28)14-19/h7-11,13-15,23H,5-6,12H2,1-4H3,(H,31,35)(H2,29,30,34). The minimum Gasteiger partial charge on any atom is -0.459 e. The van der Waals surface area contributed by atoms with E-state index in [1.54, 1.807) is 68.1 Å². The van der Waals surface area contributed by atoms with Crippen LogP contribution in [-0.2, 0) is 9.53 Å². The Morgan fingerprint density at radius 3 is 2.42 bits per heavy atom. The molecule has 0 spiro atoms. The Morgan fingerprint density at radius 2 is 1.78 bits per heavy atom. The number of anilines is 2. The van der Waals surface area contributed by atoms with Crippen LogP contribution in [0.5, 0.6) is 0 Å². The third-order valence-electron chi connectivity index (χ3n) is 5.55. The van der Waals surface area contributed by atoms with Crippen molar-refractivity contribution >= 4 is 52.6 Å². The van der Waals surface area contributed by atoms with E-state index in [4.69, 9.17) is 27.9 Å². The molecule has 1 aliphatic rings. The number of carbonyl (C=O) groups excluding carboxylic acids is 3. The number of halogens is 2. The van der Waals surface area contributed by atoms with Gasteiger partial charge in [-0.3, -0.25) is 4.90 Å². The lowest BCUT2D eigenvalue weighted by atomic mass is 9.94. The highest BCUT2D eigenvalue weighted by Gasteiger charge is 2.36. The van der Waals surface area contributed by atoms with Gasteiger partial charge in [0.25, 0.3) is 0 Å². The van der Waals surface area contributed by atoms with Gasteiger partial charge in [0.05, 0.1) is 27.8 Å². The number of hydrogen-bond acceptors (Lipinski definition) is 4. The average Bonchev–Trinajstić information content (AvgIpc) is 2.80. The number of nitrogens with one attached hydrogen (secondary N) is 3. The number of amides is 4. The molecule has 0 radical (unpaired) electrons. The summed E-state index contributed by atoms with van der Waals surface area (Å²) in [4.78, 5) is 40.1. The van der Waals surface area contributed by atoms with Crippen molar-refractivity contribution < 1.29 is 19.1 Å². The molecule has 2 aromatic rings. The zero-order chi connectivity index (χ0) is 26.4. The molecule has 0 saturated carbocycles. The number of carbonyl (C=O) groups is 3. The van der Waals surface area contributed by atoms with Crippen molar-refractivity contribution in [3.05, 3.63) is 69.3 Å². The van der Waals surface area contributed by atoms with Crippen LogP contribution in [0.4, 0.5) is 21.0 Å². The van der Waals surface area contributed by atoms with E-state index in [9.17, 15) is 14.4 Å². The van der Waals surface area contributed by atoms with E-state index in [0.717, 1.165) is 12.8 Å². The Hall–Kier alpha value is -3.23. The van der Waals surface area contributed by atoms with Crippen molar-refractivity contribution in [3.63, 3.8) is 0 Å². The number of benzene rings is 2. The minimum atomic E-state index is -0.735. The molecule has 192 valence electrons. The van der Waals surface area contributed by atoms with Gasteiger partial charge in [-0.2, -0.15) is 0 Å². The topological polar surface area (TPSA) is 99.8 Å². The summed E-state index contributed by atoms with van der Waals surface area (Å²) in [6, 6.07) is 10.2. The summed E-state index contributed by atoms with van der Waals surface area (Å²) in [7, 11) is 0. The molecular formula is C26H30Cl2N4O4. The summed E-state index contributed by atoms with van der Waals surface area (Å²) in [5.41, 5.74) is 2.49. The Bertz CT molecular complexity index is 1180. The highest BCUT2D eigenvalue weighted by Crippen LogP contribution is 2.33. The van der Waals surface area contributed by atoms with Crippen molar-refractivity contribution in [1.29, 1.82) is 0 Å². The van der Waals surface area contributed by atoms with Crippen LogP contribution in [0.1, 0.15) is 52.1 Å². The van der Waals surface area contributed by atoms with E-state index >= 15 is 0 Å². The first-order chi connectivity index (χ1) is 17.1. The van der Waals surface area contributed by atoms with Gasteiger partial charge in [-0.15, -0.1) is 0 Å². The molecule has 0 aromatic heterocycles. The van der Waals surface area contributed by atoms with Crippen molar-refractivity contribution in [1.82, 2.24) is 10.2 Å². The first kappa shape index (κ1) is 27.4. The van der Waals surface area contributed by atoms with Gasteiger partial charge in [0.1, 0.15) is 0 Å². The van der Waals surface area contributed by atoms with E-state index in [-0.39, 0.29) is 12.1 Å². The van der Waals surface area contributed by atoms with Crippen molar-refractivity contribution in [2.75, 3.05) is 17.2 Å². The second kappa shape index (κ2) is 12.1. The molecule has 36 heavy (non-hydrogen) atoms. The second-order valence-electron chi connectivity index (χ2n) is 8.67. The third-order valence-corrected chi connectivity index (χ3v) is 6.29. The zero-order valence-electron chi connectivity index (χ0n) is 20.7. The fourth-order valence-electron chi connectivity index (χ4n) is 3.82. The summed E-state index contributed by atoms with van der Waals surface area (Å²) in [6.07, 6.45) is 1.39. The van der Waals surface area contributed by atoms with Crippen LogP contribution in [0, 0.1) is 0 Å². The van der Waals surface area contributed by atoms with E-state index < -0.39 is 18.0 Å². The molecule has 4 amide bonds. The number of esters is 1. The molecule has 0 fully saturated rings. The maximum Gasteiger partial charge on any atom is 0.338 e. The number of unbranched alkanes of at least 4 members (excludes halogenated alkanes) is 1. The lowest BCUT2D eigenvalue weighted by molar-refractivity contribution is -0.143. The van der Waals surface area contributed by atoms with Gasteiger partial charge >= 0.3 is 18.0 Å². The third kappa shape index (κ3) is 6.71. The van der Waals surface area contributed by atoms with E-state index in [1.807, 2.05) is 6.92 Å². The average molecular weight is 533 g/mol. The molecule has 3 N–H and O–H groups in total. The second-order valence-corrected chi connectivity index (χ2v) is 9.49. The van der Waals surface area contributed by atoms with Gasteiger partial charge in [0.2, 0.25) is 0 Å². The van der Waals surface area contributed by atoms with Crippen LogP contribution >= 0.6 is 23.2 Å². The summed E-state index contributed by atoms with van der Waals surface area (Å²) in [5.74, 6) is -0.496. The molecule has 0 saturated heterocycles. The summed E-state index contributed by atoms with van der Waals surface area (Å²) in [5, 5.41) is 9.08. The van der Waals surface area contributed by atoms with Crippen LogP contribution in [0.2, 0.25) is 10.0 Å². The fourth-order valence-corrected chi connectivity index (χ4v) is 4.12. The van der Waals surface area contributed by atoms with Gasteiger partial charge in [0.15, 0.2) is 0 Å². The molecule has 10 heteroatoms. The summed E-state index contributed by atoms with van der Waals surface area (Å²) in [6.45, 7) is 7.83. The number of nitrogens with zero attached hydrogens (tertiary/aromatic N) is 1. The molecule has 1 heterocycles. The number of urea groups is 2. The van der Waals surface area contributed by atoms with Crippen molar-refractivity contribution in [2.24, 2.45) is 0 Å². The molecule has 1 unspecified atom stereocenters. The minimum absolute atomic E-state index is 0.289. The van der Waals surface area contributed by atoms with Crippen LogP contribution in [0.3, 0.4) is 0 Å². The van der Waals surface area contributed by atoms with Gasteiger partial charge in [-0.25, -0.2) is 14.4 Å². The Labute approximate surface area is 221 Å².